The smallest absolute Gasteiger partial charge is 0.203 e. The van der Waals surface area contributed by atoms with Crippen molar-refractivity contribution in [3.63, 3.8) is 0 Å². The molecule has 0 saturated carbocycles. The van der Waals surface area contributed by atoms with E-state index in [2.05, 4.69) is 6.58 Å². The van der Waals surface area contributed by atoms with Gasteiger partial charge in [0.15, 0.2) is 23.0 Å². The summed E-state index contributed by atoms with van der Waals surface area (Å²) in [7, 11) is 6.35. The molecule has 0 unspecified atom stereocenters. The Morgan fingerprint density at radius 1 is 0.680 bits per heavy atom. The van der Waals surface area contributed by atoms with Crippen LogP contribution < -0.4 is 23.7 Å². The summed E-state index contributed by atoms with van der Waals surface area (Å²) in [6, 6.07) is 9.40. The predicted octanol–water partition coefficient (Wildman–Crippen LogP) is 4.41. The first-order valence-electron chi connectivity index (χ1n) is 7.60. The van der Waals surface area contributed by atoms with Crippen molar-refractivity contribution < 1.29 is 23.7 Å². The first-order valence-corrected chi connectivity index (χ1v) is 7.60. The lowest BCUT2D eigenvalue weighted by molar-refractivity contribution is 0.324. The van der Waals surface area contributed by atoms with Crippen LogP contribution in [-0.4, -0.2) is 28.4 Å². The second-order valence-corrected chi connectivity index (χ2v) is 4.99. The molecule has 5 nitrogen and oxygen atoms in total. The molecule has 2 rings (SSSR count). The summed E-state index contributed by atoms with van der Waals surface area (Å²) in [6.07, 6.45) is 5.27. The lowest BCUT2D eigenvalue weighted by Gasteiger charge is -2.13. The molecule has 25 heavy (non-hydrogen) atoms. The molecular weight excluding hydrogens is 320 g/mol. The van der Waals surface area contributed by atoms with E-state index in [4.69, 9.17) is 23.7 Å². The van der Waals surface area contributed by atoms with Crippen LogP contribution in [0, 0.1) is 0 Å². The summed E-state index contributed by atoms with van der Waals surface area (Å²) in [4.78, 5) is 0. The Balaban J connectivity index is 2.35. The molecule has 0 bridgehead atoms. The molecule has 2 aromatic carbocycles. The zero-order valence-corrected chi connectivity index (χ0v) is 14.9. The highest BCUT2D eigenvalue weighted by Gasteiger charge is 2.12. The van der Waals surface area contributed by atoms with Crippen LogP contribution in [-0.2, 0) is 0 Å². The standard InChI is InChI=1S/C20H22O5/c1-6-25-17-11-14(9-10-16(17)21-2)7-8-15-12-18(22-3)20(24-5)19(13-15)23-4/h6-13H,1H2,2-5H3/b8-7-. The second-order valence-electron chi connectivity index (χ2n) is 4.99. The van der Waals surface area contributed by atoms with Crippen LogP contribution in [0.5, 0.6) is 28.7 Å². The van der Waals surface area contributed by atoms with Crippen LogP contribution >= 0.6 is 0 Å². The Bertz CT molecular complexity index is 740. The van der Waals surface area contributed by atoms with Gasteiger partial charge in [0, 0.05) is 0 Å². The minimum absolute atomic E-state index is 0.563. The minimum atomic E-state index is 0.563. The molecule has 0 aliphatic rings. The van der Waals surface area contributed by atoms with Gasteiger partial charge in [-0.15, -0.1) is 0 Å². The zero-order valence-electron chi connectivity index (χ0n) is 14.9. The molecule has 0 radical (unpaired) electrons. The third kappa shape index (κ3) is 4.26. The molecule has 0 aliphatic carbocycles. The van der Waals surface area contributed by atoms with Gasteiger partial charge in [-0.2, -0.15) is 0 Å². The van der Waals surface area contributed by atoms with Gasteiger partial charge in [-0.25, -0.2) is 0 Å². The summed E-state index contributed by atoms with van der Waals surface area (Å²) in [5, 5.41) is 0. The normalized spacial score (nSPS) is 10.4. The second kappa shape index (κ2) is 8.68. The number of rotatable bonds is 8. The number of methoxy groups -OCH3 is 4. The maximum absolute atomic E-state index is 5.37. The largest absolute Gasteiger partial charge is 0.493 e. The number of hydrogen-bond acceptors (Lipinski definition) is 5. The van der Waals surface area contributed by atoms with Crippen LogP contribution in [0.2, 0.25) is 0 Å². The summed E-state index contributed by atoms with van der Waals surface area (Å²) >= 11 is 0. The van der Waals surface area contributed by atoms with E-state index in [9.17, 15) is 0 Å². The fourth-order valence-electron chi connectivity index (χ4n) is 2.37. The average Bonchev–Trinajstić information content (AvgIpc) is 2.65. The van der Waals surface area contributed by atoms with Crippen molar-refractivity contribution in [3.05, 3.63) is 54.3 Å². The van der Waals surface area contributed by atoms with Gasteiger partial charge in [0.1, 0.15) is 0 Å². The minimum Gasteiger partial charge on any atom is -0.493 e. The fraction of sp³-hybridized carbons (Fsp3) is 0.200. The Kier molecular flexibility index (Phi) is 6.34. The summed E-state index contributed by atoms with van der Waals surface area (Å²) in [6.45, 7) is 3.57. The van der Waals surface area contributed by atoms with Gasteiger partial charge in [-0.1, -0.05) is 24.8 Å². The molecule has 0 heterocycles. The highest BCUT2D eigenvalue weighted by Crippen LogP contribution is 2.38. The van der Waals surface area contributed by atoms with Crippen molar-refractivity contribution >= 4 is 12.2 Å². The van der Waals surface area contributed by atoms with E-state index in [-0.39, 0.29) is 0 Å². The maximum Gasteiger partial charge on any atom is 0.203 e. The monoisotopic (exact) mass is 342 g/mol. The maximum atomic E-state index is 5.37. The zero-order chi connectivity index (χ0) is 18.2. The molecule has 2 aromatic rings. The number of ether oxygens (including phenoxy) is 5. The topological polar surface area (TPSA) is 46.2 Å². The number of benzene rings is 2. The molecule has 0 aromatic heterocycles. The van der Waals surface area contributed by atoms with Crippen molar-refractivity contribution in [2.75, 3.05) is 28.4 Å². The molecule has 0 atom stereocenters. The summed E-state index contributed by atoms with van der Waals surface area (Å²) in [5.41, 5.74) is 1.86. The van der Waals surface area contributed by atoms with E-state index in [1.807, 2.05) is 42.5 Å². The van der Waals surface area contributed by atoms with Gasteiger partial charge >= 0.3 is 0 Å². The quantitative estimate of drug-likeness (QED) is 0.525. The van der Waals surface area contributed by atoms with Crippen LogP contribution in [0.1, 0.15) is 11.1 Å². The molecule has 0 amide bonds. The molecule has 132 valence electrons. The van der Waals surface area contributed by atoms with Crippen molar-refractivity contribution in [3.8, 4) is 28.7 Å². The third-order valence-electron chi connectivity index (χ3n) is 3.55. The van der Waals surface area contributed by atoms with Crippen LogP contribution in [0.15, 0.2) is 43.2 Å². The Morgan fingerprint density at radius 2 is 1.24 bits per heavy atom. The fourth-order valence-corrected chi connectivity index (χ4v) is 2.37. The van der Waals surface area contributed by atoms with E-state index in [0.29, 0.717) is 28.7 Å². The molecular formula is C20H22O5. The van der Waals surface area contributed by atoms with Crippen molar-refractivity contribution in [2.24, 2.45) is 0 Å². The van der Waals surface area contributed by atoms with Gasteiger partial charge in [0.2, 0.25) is 5.75 Å². The van der Waals surface area contributed by atoms with Gasteiger partial charge < -0.3 is 23.7 Å². The van der Waals surface area contributed by atoms with Crippen LogP contribution in [0.4, 0.5) is 0 Å². The van der Waals surface area contributed by atoms with E-state index in [1.54, 1.807) is 28.4 Å². The summed E-state index contributed by atoms with van der Waals surface area (Å²) < 4.78 is 26.7. The molecule has 0 N–H and O–H groups in total. The summed E-state index contributed by atoms with van der Waals surface area (Å²) in [5.74, 6) is 3.02. The Morgan fingerprint density at radius 3 is 1.76 bits per heavy atom. The predicted molar refractivity (Wildman–Crippen MR) is 98.8 cm³/mol. The van der Waals surface area contributed by atoms with Gasteiger partial charge in [0.05, 0.1) is 34.7 Å². The third-order valence-corrected chi connectivity index (χ3v) is 3.55. The van der Waals surface area contributed by atoms with E-state index >= 15 is 0 Å². The van der Waals surface area contributed by atoms with Gasteiger partial charge in [-0.3, -0.25) is 0 Å². The molecule has 0 spiro atoms. The van der Waals surface area contributed by atoms with Crippen molar-refractivity contribution in [1.29, 1.82) is 0 Å². The van der Waals surface area contributed by atoms with E-state index in [1.165, 1.54) is 6.26 Å². The van der Waals surface area contributed by atoms with Crippen LogP contribution in [0.25, 0.3) is 12.2 Å². The molecule has 0 fully saturated rings. The highest BCUT2D eigenvalue weighted by atomic mass is 16.5. The van der Waals surface area contributed by atoms with E-state index in [0.717, 1.165) is 11.1 Å². The first-order chi connectivity index (χ1) is 12.2. The number of hydrogen-bond donors (Lipinski definition) is 0. The molecule has 0 saturated heterocycles. The lowest BCUT2D eigenvalue weighted by Crippen LogP contribution is -1.95. The van der Waals surface area contributed by atoms with Crippen molar-refractivity contribution in [1.82, 2.24) is 0 Å². The molecule has 5 heteroatoms. The molecule has 0 aliphatic heterocycles. The Hall–Kier alpha value is -3.08. The van der Waals surface area contributed by atoms with Gasteiger partial charge in [0.25, 0.3) is 0 Å². The van der Waals surface area contributed by atoms with Crippen molar-refractivity contribution in [2.45, 2.75) is 0 Å². The van der Waals surface area contributed by atoms with E-state index < -0.39 is 0 Å². The lowest BCUT2D eigenvalue weighted by atomic mass is 10.1. The SMILES string of the molecule is C=COc1cc(/C=C\c2cc(OC)c(OC)c(OC)c2)ccc1OC. The average molecular weight is 342 g/mol. The van der Waals surface area contributed by atoms with Gasteiger partial charge in [-0.05, 0) is 35.4 Å². The highest BCUT2D eigenvalue weighted by molar-refractivity contribution is 5.73. The Labute approximate surface area is 148 Å². The van der Waals surface area contributed by atoms with Crippen LogP contribution in [0.3, 0.4) is 0 Å². The first kappa shape index (κ1) is 18.3.